The number of carbonyl (C=O) groups excluding carboxylic acids is 1. The number of hydrogen-bond acceptors (Lipinski definition) is 3. The second-order valence-electron chi connectivity index (χ2n) is 18.2. The standard InChI is InChI=1S/C52H105NO2.Na/c1-4-7-10-12-14-16-18-20-22-24-26-28-30-32-34-36-38-40-42-44-46-49-53(51(52(54)55)48-9-6-3)50-47-45-43-41-39-37-35-33-31-29-27-25-23-21-19-17-15-13-11-8-5-2;/h51H,4-50H2,1-3H3,(H,54,55);/q;+1/p-1. The molecule has 0 heterocycles. The molecule has 0 saturated carbocycles. The first kappa shape index (κ1) is 58.5. The first-order valence-corrected chi connectivity index (χ1v) is 26.1. The van der Waals surface area contributed by atoms with E-state index in [1.54, 1.807) is 0 Å². The monoisotopic (exact) mass is 798 g/mol. The first-order chi connectivity index (χ1) is 27.2. The summed E-state index contributed by atoms with van der Waals surface area (Å²) >= 11 is 0. The fourth-order valence-corrected chi connectivity index (χ4v) is 8.76. The van der Waals surface area contributed by atoms with E-state index in [-0.39, 0.29) is 29.6 Å². The molecule has 0 fully saturated rings. The SMILES string of the molecule is CCCCCCCCCCCCCCCCCCCCCCCN(CCCCCCCCCCCCCCCCCCCCCCC)C(CCCC)C(=O)[O-].[Na+]. The van der Waals surface area contributed by atoms with Gasteiger partial charge in [0.05, 0.1) is 5.97 Å². The third kappa shape index (κ3) is 45.5. The van der Waals surface area contributed by atoms with Crippen LogP contribution in [0.25, 0.3) is 0 Å². The maximum atomic E-state index is 12.1. The summed E-state index contributed by atoms with van der Waals surface area (Å²) in [4.78, 5) is 14.4. The zero-order valence-corrected chi connectivity index (χ0v) is 41.6. The largest absolute Gasteiger partial charge is 1.00 e. The molecule has 0 aliphatic carbocycles. The van der Waals surface area contributed by atoms with Gasteiger partial charge in [-0.15, -0.1) is 0 Å². The number of aliphatic carboxylic acids is 1. The van der Waals surface area contributed by atoms with Crippen molar-refractivity contribution >= 4 is 5.97 Å². The molecule has 4 heteroatoms. The number of carboxylic acid groups (broad SMARTS) is 1. The Morgan fingerprint density at radius 1 is 0.321 bits per heavy atom. The molecule has 1 unspecified atom stereocenters. The van der Waals surface area contributed by atoms with Gasteiger partial charge in [0.2, 0.25) is 0 Å². The van der Waals surface area contributed by atoms with Gasteiger partial charge in [-0.05, 0) is 32.4 Å². The molecule has 330 valence electrons. The van der Waals surface area contributed by atoms with Crippen LogP contribution in [0.5, 0.6) is 0 Å². The minimum atomic E-state index is -0.847. The van der Waals surface area contributed by atoms with Gasteiger partial charge in [0.1, 0.15) is 0 Å². The Bertz CT molecular complexity index is 671. The van der Waals surface area contributed by atoms with E-state index < -0.39 is 12.0 Å². The predicted octanol–water partition coefficient (Wildman–Crippen LogP) is 14.0. The van der Waals surface area contributed by atoms with E-state index in [2.05, 4.69) is 25.7 Å². The molecule has 0 amide bonds. The quantitative estimate of drug-likeness (QED) is 0.0455. The molecule has 0 aromatic carbocycles. The Balaban J connectivity index is 0. The number of carbonyl (C=O) groups is 1. The fraction of sp³-hybridized carbons (Fsp3) is 0.981. The molecular weight excluding hydrogens is 694 g/mol. The van der Waals surface area contributed by atoms with Gasteiger partial charge in [-0.1, -0.05) is 290 Å². The van der Waals surface area contributed by atoms with Crippen LogP contribution < -0.4 is 34.7 Å². The molecule has 0 bridgehead atoms. The second-order valence-corrected chi connectivity index (χ2v) is 18.2. The maximum Gasteiger partial charge on any atom is 1.00 e. The van der Waals surface area contributed by atoms with Gasteiger partial charge in [-0.25, -0.2) is 0 Å². The molecular formula is C52H104NNaO2. The Hall–Kier alpha value is 0.430. The molecule has 0 aliphatic heterocycles. The fourth-order valence-electron chi connectivity index (χ4n) is 8.76. The van der Waals surface area contributed by atoms with E-state index in [9.17, 15) is 9.90 Å². The number of hydrogen-bond donors (Lipinski definition) is 0. The summed E-state index contributed by atoms with van der Waals surface area (Å²) in [5.74, 6) is -0.847. The van der Waals surface area contributed by atoms with E-state index in [1.165, 1.54) is 257 Å². The average Bonchev–Trinajstić information content (AvgIpc) is 3.18. The van der Waals surface area contributed by atoms with Crippen molar-refractivity contribution in [1.82, 2.24) is 4.90 Å². The molecule has 0 rings (SSSR count). The van der Waals surface area contributed by atoms with Crippen molar-refractivity contribution < 1.29 is 39.5 Å². The minimum absolute atomic E-state index is 0. The first-order valence-electron chi connectivity index (χ1n) is 26.1. The number of carboxylic acids is 1. The van der Waals surface area contributed by atoms with Crippen LogP contribution >= 0.6 is 0 Å². The predicted molar refractivity (Wildman–Crippen MR) is 245 cm³/mol. The molecule has 0 N–H and O–H groups in total. The molecule has 56 heavy (non-hydrogen) atoms. The van der Waals surface area contributed by atoms with Gasteiger partial charge in [-0.2, -0.15) is 0 Å². The van der Waals surface area contributed by atoms with E-state index in [1.807, 2.05) is 0 Å². The van der Waals surface area contributed by atoms with E-state index in [0.717, 1.165) is 45.2 Å². The molecule has 0 saturated heterocycles. The molecule has 0 radical (unpaired) electrons. The summed E-state index contributed by atoms with van der Waals surface area (Å²) < 4.78 is 0. The summed E-state index contributed by atoms with van der Waals surface area (Å²) in [7, 11) is 0. The second kappa shape index (κ2) is 51.6. The summed E-state index contributed by atoms with van der Waals surface area (Å²) in [5.41, 5.74) is 0. The van der Waals surface area contributed by atoms with Gasteiger partial charge < -0.3 is 9.90 Å². The Morgan fingerprint density at radius 3 is 0.679 bits per heavy atom. The van der Waals surface area contributed by atoms with Crippen LogP contribution in [-0.2, 0) is 4.79 Å². The van der Waals surface area contributed by atoms with Crippen molar-refractivity contribution in [1.29, 1.82) is 0 Å². The Morgan fingerprint density at radius 2 is 0.500 bits per heavy atom. The van der Waals surface area contributed by atoms with E-state index in [4.69, 9.17) is 0 Å². The molecule has 1 atom stereocenters. The van der Waals surface area contributed by atoms with Crippen LogP contribution in [0, 0.1) is 0 Å². The van der Waals surface area contributed by atoms with Crippen LogP contribution in [0.3, 0.4) is 0 Å². The zero-order valence-electron chi connectivity index (χ0n) is 39.6. The van der Waals surface area contributed by atoms with Gasteiger partial charge >= 0.3 is 29.6 Å². The summed E-state index contributed by atoms with van der Waals surface area (Å²) in [6.45, 7) is 8.63. The van der Waals surface area contributed by atoms with Crippen molar-refractivity contribution in [3.63, 3.8) is 0 Å². The van der Waals surface area contributed by atoms with E-state index >= 15 is 0 Å². The summed E-state index contributed by atoms with van der Waals surface area (Å²) in [6, 6.07) is -0.393. The molecule has 0 aromatic heterocycles. The third-order valence-corrected chi connectivity index (χ3v) is 12.6. The van der Waals surface area contributed by atoms with Gasteiger partial charge in [-0.3, -0.25) is 4.90 Å². The van der Waals surface area contributed by atoms with Crippen LogP contribution in [0.2, 0.25) is 0 Å². The van der Waals surface area contributed by atoms with Crippen LogP contribution in [0.1, 0.15) is 310 Å². The zero-order chi connectivity index (χ0) is 40.0. The average molecular weight is 798 g/mol. The van der Waals surface area contributed by atoms with Crippen molar-refractivity contribution in [3.05, 3.63) is 0 Å². The van der Waals surface area contributed by atoms with Crippen molar-refractivity contribution in [2.24, 2.45) is 0 Å². The summed E-state index contributed by atoms with van der Waals surface area (Å²) in [5, 5.41) is 12.1. The Labute approximate surface area is 376 Å². The maximum absolute atomic E-state index is 12.1. The van der Waals surface area contributed by atoms with Crippen LogP contribution in [0.4, 0.5) is 0 Å². The molecule has 0 aliphatic rings. The minimum Gasteiger partial charge on any atom is -0.548 e. The normalized spacial score (nSPS) is 12.1. The smallest absolute Gasteiger partial charge is 0.548 e. The van der Waals surface area contributed by atoms with Crippen LogP contribution in [-0.4, -0.2) is 30.0 Å². The van der Waals surface area contributed by atoms with Gasteiger partial charge in [0.15, 0.2) is 0 Å². The number of unbranched alkanes of at least 4 members (excludes halogenated alkanes) is 41. The Kier molecular flexibility index (Phi) is 53.9. The van der Waals surface area contributed by atoms with E-state index in [0.29, 0.717) is 0 Å². The van der Waals surface area contributed by atoms with Gasteiger partial charge in [0.25, 0.3) is 0 Å². The third-order valence-electron chi connectivity index (χ3n) is 12.6. The topological polar surface area (TPSA) is 43.4 Å². The number of nitrogens with zero attached hydrogens (tertiary/aromatic N) is 1. The molecule has 3 nitrogen and oxygen atoms in total. The number of rotatable bonds is 49. The van der Waals surface area contributed by atoms with Crippen molar-refractivity contribution in [3.8, 4) is 0 Å². The van der Waals surface area contributed by atoms with Gasteiger partial charge in [0, 0.05) is 6.04 Å². The van der Waals surface area contributed by atoms with Crippen molar-refractivity contribution in [2.75, 3.05) is 13.1 Å². The molecule has 0 spiro atoms. The van der Waals surface area contributed by atoms with Crippen molar-refractivity contribution in [2.45, 2.75) is 316 Å². The molecule has 0 aromatic rings. The summed E-state index contributed by atoms with van der Waals surface area (Å²) in [6.07, 6.45) is 61.6. The van der Waals surface area contributed by atoms with Crippen LogP contribution in [0.15, 0.2) is 0 Å².